The molecular formula is C18H16N2O. The first-order valence-corrected chi connectivity index (χ1v) is 7.29. The SMILES string of the molecule is CCCOc1ccc2c(c1)c1ccccc1c1nccn21. The molecule has 0 fully saturated rings. The van der Waals surface area contributed by atoms with Gasteiger partial charge in [0.25, 0.3) is 0 Å². The molecule has 4 rings (SSSR count). The highest BCUT2D eigenvalue weighted by Gasteiger charge is 2.09. The first kappa shape index (κ1) is 12.2. The largest absolute Gasteiger partial charge is 0.494 e. The monoisotopic (exact) mass is 276 g/mol. The Morgan fingerprint density at radius 1 is 1.05 bits per heavy atom. The van der Waals surface area contributed by atoms with Gasteiger partial charge in [-0.05, 0) is 30.0 Å². The van der Waals surface area contributed by atoms with Gasteiger partial charge in [-0.1, -0.05) is 31.2 Å². The fourth-order valence-corrected chi connectivity index (χ4v) is 2.86. The number of nitrogens with zero attached hydrogens (tertiary/aromatic N) is 2. The van der Waals surface area contributed by atoms with Crippen molar-refractivity contribution in [2.45, 2.75) is 13.3 Å². The highest BCUT2D eigenvalue weighted by Crippen LogP contribution is 2.31. The summed E-state index contributed by atoms with van der Waals surface area (Å²) in [6, 6.07) is 14.7. The van der Waals surface area contributed by atoms with E-state index < -0.39 is 0 Å². The van der Waals surface area contributed by atoms with E-state index in [1.54, 1.807) is 0 Å². The molecule has 0 saturated heterocycles. The van der Waals surface area contributed by atoms with Crippen LogP contribution < -0.4 is 4.74 Å². The third-order valence-electron chi connectivity index (χ3n) is 3.80. The zero-order chi connectivity index (χ0) is 14.2. The Hall–Kier alpha value is -2.55. The van der Waals surface area contributed by atoms with Gasteiger partial charge in [0.05, 0.1) is 12.1 Å². The van der Waals surface area contributed by atoms with E-state index in [2.05, 4.69) is 52.7 Å². The molecule has 2 aromatic heterocycles. The minimum atomic E-state index is 0.747. The lowest BCUT2D eigenvalue weighted by Crippen LogP contribution is -1.96. The normalized spacial score (nSPS) is 11.5. The molecule has 3 heteroatoms. The van der Waals surface area contributed by atoms with E-state index in [9.17, 15) is 0 Å². The number of hydrogen-bond donors (Lipinski definition) is 0. The second-order valence-electron chi connectivity index (χ2n) is 5.19. The standard InChI is InChI=1S/C18H16N2O/c1-2-11-21-13-7-8-17-16(12-13)14-5-3-4-6-15(14)18-19-9-10-20(17)18/h3-10,12H,2,11H2,1H3. The van der Waals surface area contributed by atoms with Gasteiger partial charge in [-0.3, -0.25) is 4.40 Å². The maximum Gasteiger partial charge on any atom is 0.145 e. The summed E-state index contributed by atoms with van der Waals surface area (Å²) in [5.41, 5.74) is 2.16. The summed E-state index contributed by atoms with van der Waals surface area (Å²) in [4.78, 5) is 4.50. The Bertz CT molecular complexity index is 940. The van der Waals surface area contributed by atoms with Crippen molar-refractivity contribution >= 4 is 27.3 Å². The fourth-order valence-electron chi connectivity index (χ4n) is 2.86. The molecule has 0 bridgehead atoms. The molecule has 4 aromatic rings. The summed E-state index contributed by atoms with van der Waals surface area (Å²) in [6.07, 6.45) is 4.87. The van der Waals surface area contributed by atoms with Crippen LogP contribution >= 0.6 is 0 Å². The van der Waals surface area contributed by atoms with Crippen LogP contribution in [-0.2, 0) is 0 Å². The summed E-state index contributed by atoms with van der Waals surface area (Å²) >= 11 is 0. The highest BCUT2D eigenvalue weighted by molar-refractivity contribution is 6.11. The van der Waals surface area contributed by atoms with Crippen LogP contribution in [0.25, 0.3) is 27.3 Å². The number of imidazole rings is 1. The molecule has 2 aromatic carbocycles. The third-order valence-corrected chi connectivity index (χ3v) is 3.80. The summed E-state index contributed by atoms with van der Waals surface area (Å²) in [5.74, 6) is 0.925. The van der Waals surface area contributed by atoms with Crippen LogP contribution in [0.15, 0.2) is 54.9 Å². The van der Waals surface area contributed by atoms with Crippen LogP contribution in [0.2, 0.25) is 0 Å². The molecule has 0 aliphatic carbocycles. The van der Waals surface area contributed by atoms with Crippen LogP contribution in [-0.4, -0.2) is 16.0 Å². The maximum absolute atomic E-state index is 5.78. The average molecular weight is 276 g/mol. The zero-order valence-electron chi connectivity index (χ0n) is 11.9. The quantitative estimate of drug-likeness (QED) is 0.517. The third kappa shape index (κ3) is 1.85. The van der Waals surface area contributed by atoms with Crippen molar-refractivity contribution in [3.05, 3.63) is 54.9 Å². The van der Waals surface area contributed by atoms with Crippen molar-refractivity contribution in [3.63, 3.8) is 0 Å². The van der Waals surface area contributed by atoms with Gasteiger partial charge in [0.2, 0.25) is 0 Å². The van der Waals surface area contributed by atoms with Gasteiger partial charge in [-0.25, -0.2) is 4.98 Å². The van der Waals surface area contributed by atoms with Crippen LogP contribution in [0.5, 0.6) is 5.75 Å². The molecule has 0 spiro atoms. The lowest BCUT2D eigenvalue weighted by Gasteiger charge is -2.10. The molecule has 0 N–H and O–H groups in total. The van der Waals surface area contributed by atoms with Crippen molar-refractivity contribution < 1.29 is 4.74 Å². The van der Waals surface area contributed by atoms with Gasteiger partial charge in [0, 0.05) is 23.2 Å². The molecule has 2 heterocycles. The van der Waals surface area contributed by atoms with E-state index in [4.69, 9.17) is 4.74 Å². The van der Waals surface area contributed by atoms with Crippen LogP contribution in [0, 0.1) is 0 Å². The topological polar surface area (TPSA) is 26.5 Å². The fraction of sp³-hybridized carbons (Fsp3) is 0.167. The molecule has 0 saturated carbocycles. The van der Waals surface area contributed by atoms with E-state index in [0.29, 0.717) is 0 Å². The average Bonchev–Trinajstić information content (AvgIpc) is 3.03. The molecule has 0 radical (unpaired) electrons. The van der Waals surface area contributed by atoms with Crippen molar-refractivity contribution in [2.24, 2.45) is 0 Å². The van der Waals surface area contributed by atoms with Crippen molar-refractivity contribution in [1.82, 2.24) is 9.38 Å². The predicted molar refractivity (Wildman–Crippen MR) is 86.0 cm³/mol. The Labute approximate surface area is 122 Å². The van der Waals surface area contributed by atoms with Gasteiger partial charge in [-0.2, -0.15) is 0 Å². The molecule has 0 atom stereocenters. The first-order chi connectivity index (χ1) is 10.4. The Morgan fingerprint density at radius 2 is 1.90 bits per heavy atom. The molecule has 21 heavy (non-hydrogen) atoms. The summed E-state index contributed by atoms with van der Waals surface area (Å²) in [7, 11) is 0. The minimum absolute atomic E-state index is 0.747. The van der Waals surface area contributed by atoms with E-state index >= 15 is 0 Å². The second kappa shape index (κ2) is 4.77. The zero-order valence-corrected chi connectivity index (χ0v) is 11.9. The number of hydrogen-bond acceptors (Lipinski definition) is 2. The van der Waals surface area contributed by atoms with Crippen molar-refractivity contribution in [2.75, 3.05) is 6.61 Å². The van der Waals surface area contributed by atoms with Gasteiger partial charge in [-0.15, -0.1) is 0 Å². The lowest BCUT2D eigenvalue weighted by molar-refractivity contribution is 0.318. The van der Waals surface area contributed by atoms with E-state index in [1.165, 1.54) is 16.2 Å². The molecule has 0 aliphatic rings. The van der Waals surface area contributed by atoms with E-state index in [-0.39, 0.29) is 0 Å². The number of ether oxygens (including phenoxy) is 1. The van der Waals surface area contributed by atoms with E-state index in [0.717, 1.165) is 29.9 Å². The van der Waals surface area contributed by atoms with E-state index in [1.807, 2.05) is 18.5 Å². The number of fused-ring (bicyclic) bond motifs is 6. The van der Waals surface area contributed by atoms with Crippen molar-refractivity contribution in [1.29, 1.82) is 0 Å². The number of benzene rings is 2. The van der Waals surface area contributed by atoms with Crippen molar-refractivity contribution in [3.8, 4) is 5.75 Å². The Morgan fingerprint density at radius 3 is 2.76 bits per heavy atom. The molecule has 0 amide bonds. The first-order valence-electron chi connectivity index (χ1n) is 7.29. The number of aromatic nitrogens is 2. The predicted octanol–water partition coefficient (Wildman–Crippen LogP) is 4.43. The summed E-state index contributed by atoms with van der Waals surface area (Å²) < 4.78 is 7.92. The Kier molecular flexibility index (Phi) is 2.78. The number of pyridine rings is 1. The van der Waals surface area contributed by atoms with Gasteiger partial charge < -0.3 is 4.74 Å². The highest BCUT2D eigenvalue weighted by atomic mass is 16.5. The molecule has 0 aliphatic heterocycles. The summed E-state index contributed by atoms with van der Waals surface area (Å²) in [5, 5.41) is 3.58. The van der Waals surface area contributed by atoms with Gasteiger partial charge in [0.1, 0.15) is 11.4 Å². The smallest absolute Gasteiger partial charge is 0.145 e. The van der Waals surface area contributed by atoms with Crippen LogP contribution in [0.1, 0.15) is 13.3 Å². The molecule has 104 valence electrons. The molecule has 3 nitrogen and oxygen atoms in total. The molecule has 0 unspecified atom stereocenters. The summed E-state index contributed by atoms with van der Waals surface area (Å²) in [6.45, 7) is 2.86. The van der Waals surface area contributed by atoms with Crippen LogP contribution in [0.4, 0.5) is 0 Å². The van der Waals surface area contributed by atoms with Gasteiger partial charge in [0.15, 0.2) is 0 Å². The minimum Gasteiger partial charge on any atom is -0.494 e. The maximum atomic E-state index is 5.78. The molecular weight excluding hydrogens is 260 g/mol. The van der Waals surface area contributed by atoms with Gasteiger partial charge >= 0.3 is 0 Å². The van der Waals surface area contributed by atoms with Crippen LogP contribution in [0.3, 0.4) is 0 Å². The lowest BCUT2D eigenvalue weighted by atomic mass is 10.1. The Balaban J connectivity index is 2.10. The second-order valence-corrected chi connectivity index (χ2v) is 5.19. The number of rotatable bonds is 3.